The van der Waals surface area contributed by atoms with Gasteiger partial charge in [-0.2, -0.15) is 0 Å². The molecule has 0 atom stereocenters. The third kappa shape index (κ3) is 5.21. The molecule has 2 rings (SSSR count). The van der Waals surface area contributed by atoms with E-state index in [9.17, 15) is 0 Å². The largest absolute Gasteiger partial charge is 0.497 e. The molecule has 1 saturated heterocycles. The smallest absolute Gasteiger partial charge is 0.119 e. The molecule has 1 heterocycles. The molecule has 0 bridgehead atoms. The Kier molecular flexibility index (Phi) is 6.18. The van der Waals surface area contributed by atoms with Crippen molar-refractivity contribution in [1.82, 2.24) is 10.2 Å². The van der Waals surface area contributed by atoms with Gasteiger partial charge in [0.05, 0.1) is 7.11 Å². The Labute approximate surface area is 116 Å². The number of ether oxygens (including phenoxy) is 1. The minimum Gasteiger partial charge on any atom is -0.497 e. The van der Waals surface area contributed by atoms with E-state index in [0.29, 0.717) is 0 Å². The summed E-state index contributed by atoms with van der Waals surface area (Å²) in [6.45, 7) is 5.72. The number of methoxy groups -OCH3 is 1. The quantitative estimate of drug-likeness (QED) is 0.798. The highest BCUT2D eigenvalue weighted by Crippen LogP contribution is 2.12. The number of likely N-dealkylation sites (tertiary alicyclic amines) is 1. The number of hydrogen-bond donors (Lipinski definition) is 1. The Morgan fingerprint density at radius 3 is 2.68 bits per heavy atom. The van der Waals surface area contributed by atoms with Crippen LogP contribution in [0.2, 0.25) is 0 Å². The zero-order chi connectivity index (χ0) is 13.3. The van der Waals surface area contributed by atoms with Crippen LogP contribution in [0.1, 0.15) is 31.2 Å². The van der Waals surface area contributed by atoms with E-state index in [1.807, 2.05) is 12.1 Å². The van der Waals surface area contributed by atoms with Crippen LogP contribution < -0.4 is 10.1 Å². The van der Waals surface area contributed by atoms with Crippen LogP contribution in [0, 0.1) is 0 Å². The van der Waals surface area contributed by atoms with Gasteiger partial charge in [0.25, 0.3) is 0 Å². The normalized spacial score (nSPS) is 17.1. The second-order valence-electron chi connectivity index (χ2n) is 5.28. The maximum atomic E-state index is 5.23. The topological polar surface area (TPSA) is 24.5 Å². The molecule has 1 fully saturated rings. The van der Waals surface area contributed by atoms with Crippen molar-refractivity contribution in [2.24, 2.45) is 0 Å². The van der Waals surface area contributed by atoms with E-state index in [0.717, 1.165) is 18.8 Å². The van der Waals surface area contributed by atoms with Gasteiger partial charge >= 0.3 is 0 Å². The van der Waals surface area contributed by atoms with Crippen LogP contribution in [-0.4, -0.2) is 38.2 Å². The van der Waals surface area contributed by atoms with Crippen LogP contribution in [0.15, 0.2) is 24.3 Å². The molecular formula is C16H26N2O. The second kappa shape index (κ2) is 8.18. The molecule has 0 spiro atoms. The summed E-state index contributed by atoms with van der Waals surface area (Å²) in [7, 11) is 1.71. The van der Waals surface area contributed by atoms with E-state index in [1.165, 1.54) is 50.9 Å². The van der Waals surface area contributed by atoms with Gasteiger partial charge in [-0.05, 0) is 43.6 Å². The third-order valence-electron chi connectivity index (χ3n) is 3.77. The molecular weight excluding hydrogens is 236 g/mol. The highest BCUT2D eigenvalue weighted by atomic mass is 16.5. The van der Waals surface area contributed by atoms with Crippen LogP contribution in [0.5, 0.6) is 5.75 Å². The van der Waals surface area contributed by atoms with Gasteiger partial charge in [-0.25, -0.2) is 0 Å². The zero-order valence-corrected chi connectivity index (χ0v) is 12.0. The standard InChI is InChI=1S/C16H26N2O/c1-19-16-8-6-7-15(13-16)14-17-9-12-18-10-4-2-3-5-11-18/h6-8,13,17H,2-5,9-12,14H2,1H3. The number of nitrogens with zero attached hydrogens (tertiary/aromatic N) is 1. The lowest BCUT2D eigenvalue weighted by Crippen LogP contribution is -2.32. The molecule has 19 heavy (non-hydrogen) atoms. The minimum atomic E-state index is 0.922. The molecule has 0 radical (unpaired) electrons. The van der Waals surface area contributed by atoms with Gasteiger partial charge in [0, 0.05) is 19.6 Å². The van der Waals surface area contributed by atoms with Crippen molar-refractivity contribution in [3.8, 4) is 5.75 Å². The Morgan fingerprint density at radius 1 is 1.16 bits per heavy atom. The zero-order valence-electron chi connectivity index (χ0n) is 12.0. The number of hydrogen-bond acceptors (Lipinski definition) is 3. The number of nitrogens with one attached hydrogen (secondary N) is 1. The van der Waals surface area contributed by atoms with Gasteiger partial charge in [-0.15, -0.1) is 0 Å². The van der Waals surface area contributed by atoms with Crippen LogP contribution >= 0.6 is 0 Å². The van der Waals surface area contributed by atoms with Crippen molar-refractivity contribution in [2.75, 3.05) is 33.3 Å². The summed E-state index contributed by atoms with van der Waals surface area (Å²) in [6.07, 6.45) is 5.56. The maximum Gasteiger partial charge on any atom is 0.119 e. The molecule has 3 heteroatoms. The van der Waals surface area contributed by atoms with E-state index < -0.39 is 0 Å². The Balaban J connectivity index is 1.65. The predicted molar refractivity (Wildman–Crippen MR) is 79.6 cm³/mol. The fourth-order valence-corrected chi connectivity index (χ4v) is 2.61. The predicted octanol–water partition coefficient (Wildman–Crippen LogP) is 2.66. The Hall–Kier alpha value is -1.06. The lowest BCUT2D eigenvalue weighted by molar-refractivity contribution is 0.284. The second-order valence-corrected chi connectivity index (χ2v) is 5.28. The van der Waals surface area contributed by atoms with Gasteiger partial charge < -0.3 is 15.0 Å². The summed E-state index contributed by atoms with van der Waals surface area (Å²) in [5, 5.41) is 3.52. The lowest BCUT2D eigenvalue weighted by Gasteiger charge is -2.19. The summed E-state index contributed by atoms with van der Waals surface area (Å²) in [6, 6.07) is 8.27. The first-order valence-corrected chi connectivity index (χ1v) is 7.44. The summed E-state index contributed by atoms with van der Waals surface area (Å²) in [5.41, 5.74) is 1.29. The van der Waals surface area contributed by atoms with Gasteiger partial charge in [-0.1, -0.05) is 25.0 Å². The summed E-state index contributed by atoms with van der Waals surface area (Å²) in [4.78, 5) is 2.59. The maximum absolute atomic E-state index is 5.23. The van der Waals surface area contributed by atoms with Crippen molar-refractivity contribution in [3.63, 3.8) is 0 Å². The molecule has 1 aliphatic heterocycles. The van der Waals surface area contributed by atoms with Crippen LogP contribution in [0.4, 0.5) is 0 Å². The summed E-state index contributed by atoms with van der Waals surface area (Å²) in [5.74, 6) is 0.937. The van der Waals surface area contributed by atoms with Crippen molar-refractivity contribution >= 4 is 0 Å². The monoisotopic (exact) mass is 262 g/mol. The van der Waals surface area contributed by atoms with E-state index in [-0.39, 0.29) is 0 Å². The fraction of sp³-hybridized carbons (Fsp3) is 0.625. The average molecular weight is 262 g/mol. The molecule has 0 amide bonds. The summed E-state index contributed by atoms with van der Waals surface area (Å²) < 4.78 is 5.23. The molecule has 0 unspecified atom stereocenters. The molecule has 1 aromatic carbocycles. The fourth-order valence-electron chi connectivity index (χ4n) is 2.61. The van der Waals surface area contributed by atoms with E-state index >= 15 is 0 Å². The molecule has 1 N–H and O–H groups in total. The van der Waals surface area contributed by atoms with E-state index in [1.54, 1.807) is 7.11 Å². The molecule has 106 valence electrons. The SMILES string of the molecule is COc1cccc(CNCCN2CCCCCC2)c1. The molecule has 1 aliphatic rings. The van der Waals surface area contributed by atoms with Gasteiger partial charge in [0.1, 0.15) is 5.75 Å². The highest BCUT2D eigenvalue weighted by molar-refractivity contribution is 5.28. The van der Waals surface area contributed by atoms with Crippen molar-refractivity contribution in [1.29, 1.82) is 0 Å². The van der Waals surface area contributed by atoms with Crippen molar-refractivity contribution in [2.45, 2.75) is 32.2 Å². The Morgan fingerprint density at radius 2 is 1.95 bits per heavy atom. The molecule has 3 nitrogen and oxygen atoms in total. The van der Waals surface area contributed by atoms with Gasteiger partial charge in [0.2, 0.25) is 0 Å². The number of benzene rings is 1. The Bertz CT molecular complexity index is 360. The first-order chi connectivity index (χ1) is 9.38. The van der Waals surface area contributed by atoms with Crippen LogP contribution in [-0.2, 0) is 6.54 Å². The first-order valence-electron chi connectivity index (χ1n) is 7.44. The first kappa shape index (κ1) is 14.4. The lowest BCUT2D eigenvalue weighted by atomic mass is 10.2. The third-order valence-corrected chi connectivity index (χ3v) is 3.77. The van der Waals surface area contributed by atoms with Gasteiger partial charge in [-0.3, -0.25) is 0 Å². The summed E-state index contributed by atoms with van der Waals surface area (Å²) >= 11 is 0. The van der Waals surface area contributed by atoms with Crippen LogP contribution in [0.25, 0.3) is 0 Å². The highest BCUT2D eigenvalue weighted by Gasteiger charge is 2.07. The van der Waals surface area contributed by atoms with E-state index in [4.69, 9.17) is 4.74 Å². The average Bonchev–Trinajstić information content (AvgIpc) is 2.72. The van der Waals surface area contributed by atoms with Gasteiger partial charge in [0.15, 0.2) is 0 Å². The molecule has 1 aromatic rings. The van der Waals surface area contributed by atoms with E-state index in [2.05, 4.69) is 22.3 Å². The molecule has 0 aromatic heterocycles. The molecule has 0 aliphatic carbocycles. The van der Waals surface area contributed by atoms with Crippen molar-refractivity contribution in [3.05, 3.63) is 29.8 Å². The minimum absolute atomic E-state index is 0.922. The van der Waals surface area contributed by atoms with Crippen molar-refractivity contribution < 1.29 is 4.74 Å². The van der Waals surface area contributed by atoms with Crippen LogP contribution in [0.3, 0.4) is 0 Å². The number of rotatable bonds is 6. The molecule has 0 saturated carbocycles.